The van der Waals surface area contributed by atoms with Gasteiger partial charge in [0.05, 0.1) is 19.0 Å². The van der Waals surface area contributed by atoms with E-state index in [0.29, 0.717) is 36.6 Å². The lowest BCUT2D eigenvalue weighted by Gasteiger charge is -2.19. The van der Waals surface area contributed by atoms with E-state index in [4.69, 9.17) is 12.2 Å². The predicted molar refractivity (Wildman–Crippen MR) is 165 cm³/mol. The summed E-state index contributed by atoms with van der Waals surface area (Å²) in [6.07, 6.45) is -4.78. The molecule has 3 aromatic carbocycles. The number of halogens is 3. The van der Waals surface area contributed by atoms with Gasteiger partial charge in [-0.25, -0.2) is 4.79 Å². The van der Waals surface area contributed by atoms with Gasteiger partial charge >= 0.3 is 18.1 Å². The van der Waals surface area contributed by atoms with Gasteiger partial charge in [0, 0.05) is 19.5 Å². The number of nitrogens with one attached hydrogen (secondary N) is 4. The lowest BCUT2D eigenvalue weighted by atomic mass is 9.99. The maximum Gasteiger partial charge on any atom is 0.491 e. The number of ether oxygens (including phenoxy) is 1. The Morgan fingerprint density at radius 2 is 1.38 bits per heavy atom. The van der Waals surface area contributed by atoms with Gasteiger partial charge in [0.1, 0.15) is 0 Å². The van der Waals surface area contributed by atoms with Gasteiger partial charge in [-0.3, -0.25) is 14.4 Å². The number of benzene rings is 3. The lowest BCUT2D eigenvalue weighted by Crippen LogP contribution is -2.39. The van der Waals surface area contributed by atoms with Gasteiger partial charge in [0.2, 0.25) is 11.8 Å². The molecule has 0 aliphatic rings. The summed E-state index contributed by atoms with van der Waals surface area (Å²) in [4.78, 5) is 48.2. The molecule has 0 heterocycles. The largest absolute Gasteiger partial charge is 0.491 e. The quantitative estimate of drug-likeness (QED) is 0.0878. The average Bonchev–Trinajstić information content (AvgIpc) is 3.03. The molecule has 1 atom stereocenters. The van der Waals surface area contributed by atoms with E-state index in [1.807, 2.05) is 60.7 Å². The topological polar surface area (TPSA) is 126 Å². The normalized spacial score (nSPS) is 11.5. The highest BCUT2D eigenvalue weighted by Gasteiger charge is 2.42. The molecule has 0 spiro atoms. The van der Waals surface area contributed by atoms with Crippen molar-refractivity contribution in [3.05, 3.63) is 96.1 Å². The molecule has 1 unspecified atom stereocenters. The van der Waals surface area contributed by atoms with E-state index >= 15 is 0 Å². The molecule has 0 saturated heterocycles. The minimum absolute atomic E-state index is 0.148. The van der Waals surface area contributed by atoms with Crippen LogP contribution in [0.25, 0.3) is 11.1 Å². The molecule has 3 aromatic rings. The van der Waals surface area contributed by atoms with E-state index in [1.165, 1.54) is 0 Å². The van der Waals surface area contributed by atoms with Crippen LogP contribution in [0, 0.1) is 0 Å². The Labute approximate surface area is 263 Å². The number of rotatable bonds is 14. The summed E-state index contributed by atoms with van der Waals surface area (Å²) in [6, 6.07) is 24.6. The number of amides is 2. The molecule has 0 aliphatic carbocycles. The summed E-state index contributed by atoms with van der Waals surface area (Å²) < 4.78 is 41.6. The van der Waals surface area contributed by atoms with E-state index in [-0.39, 0.29) is 12.3 Å². The van der Waals surface area contributed by atoms with Crippen molar-refractivity contribution in [3.8, 4) is 11.1 Å². The van der Waals surface area contributed by atoms with E-state index in [9.17, 15) is 32.3 Å². The molecule has 0 radical (unpaired) electrons. The van der Waals surface area contributed by atoms with Crippen LogP contribution in [-0.4, -0.2) is 48.1 Å². The number of carbonyl (C=O) groups is 4. The van der Waals surface area contributed by atoms with Gasteiger partial charge in [-0.2, -0.15) is 13.2 Å². The fraction of sp³-hybridized carbons (Fsp3) is 0.281. The van der Waals surface area contributed by atoms with Crippen molar-refractivity contribution in [2.45, 2.75) is 44.4 Å². The van der Waals surface area contributed by atoms with Crippen LogP contribution < -0.4 is 21.3 Å². The van der Waals surface area contributed by atoms with Crippen molar-refractivity contribution in [2.75, 3.05) is 13.1 Å². The first-order valence-electron chi connectivity index (χ1n) is 14.1. The van der Waals surface area contributed by atoms with Crippen molar-refractivity contribution in [1.29, 1.82) is 0 Å². The molecule has 45 heavy (non-hydrogen) atoms. The number of hydrogen-bond donors (Lipinski definition) is 4. The second-order valence-electron chi connectivity index (χ2n) is 9.90. The SMILES string of the molecule is O=C(CCCCNC(=S)NCc1ccccc1)NCC(=O)NC(CC(=O)OC(=O)C(F)(F)F)c1ccc(-c2ccccc2)cc1. The van der Waals surface area contributed by atoms with E-state index < -0.39 is 43.0 Å². The molecule has 0 aromatic heterocycles. The second-order valence-corrected chi connectivity index (χ2v) is 10.3. The number of alkyl halides is 3. The lowest BCUT2D eigenvalue weighted by molar-refractivity contribution is -0.202. The number of esters is 2. The van der Waals surface area contributed by atoms with Crippen LogP contribution in [-0.2, 0) is 30.5 Å². The first-order chi connectivity index (χ1) is 21.5. The molecule has 0 saturated carbocycles. The Balaban J connectivity index is 1.45. The number of thiocarbonyl (C=S) groups is 1. The Hall–Kier alpha value is -4.78. The van der Waals surface area contributed by atoms with Crippen LogP contribution in [0.4, 0.5) is 13.2 Å². The highest BCUT2D eigenvalue weighted by atomic mass is 32.1. The van der Waals surface area contributed by atoms with Crippen LogP contribution >= 0.6 is 12.2 Å². The van der Waals surface area contributed by atoms with Crippen molar-refractivity contribution >= 4 is 41.1 Å². The fourth-order valence-corrected chi connectivity index (χ4v) is 4.30. The highest BCUT2D eigenvalue weighted by Crippen LogP contribution is 2.24. The standard InChI is InChI=1S/C32H33F3N4O5S/c33-32(34,35)30(43)44-29(42)19-26(25-16-14-24(15-17-25)23-11-5-2-6-12-23)39-28(41)21-37-27(40)13-7-8-18-36-31(45)38-20-22-9-3-1-4-10-22/h1-6,9-12,14-17,26H,7-8,13,18-21H2,(H,37,40)(H,39,41)(H2,36,38,45). The summed E-state index contributed by atoms with van der Waals surface area (Å²) in [5.41, 5.74) is 3.20. The van der Waals surface area contributed by atoms with Crippen LogP contribution in [0.2, 0.25) is 0 Å². The molecule has 13 heteroatoms. The van der Waals surface area contributed by atoms with E-state index in [1.54, 1.807) is 24.3 Å². The van der Waals surface area contributed by atoms with E-state index in [2.05, 4.69) is 26.0 Å². The molecule has 4 N–H and O–H groups in total. The molecular formula is C32H33F3N4O5S. The van der Waals surface area contributed by atoms with Gasteiger partial charge < -0.3 is 26.0 Å². The van der Waals surface area contributed by atoms with Gasteiger partial charge in [0.15, 0.2) is 5.11 Å². The summed E-state index contributed by atoms with van der Waals surface area (Å²) in [5.74, 6) is -5.19. The smallest absolute Gasteiger partial charge is 0.386 e. The Bertz CT molecular complexity index is 1440. The van der Waals surface area contributed by atoms with Crippen LogP contribution in [0.5, 0.6) is 0 Å². The van der Waals surface area contributed by atoms with E-state index in [0.717, 1.165) is 16.7 Å². The predicted octanol–water partition coefficient (Wildman–Crippen LogP) is 4.48. The minimum Gasteiger partial charge on any atom is -0.386 e. The zero-order valence-electron chi connectivity index (χ0n) is 24.2. The van der Waals surface area contributed by atoms with Gasteiger partial charge in [-0.1, -0.05) is 84.9 Å². The second kappa shape index (κ2) is 17.5. The van der Waals surface area contributed by atoms with Crippen LogP contribution in [0.15, 0.2) is 84.9 Å². The van der Waals surface area contributed by atoms with Gasteiger partial charge in [-0.05, 0) is 47.3 Å². The molecule has 0 fully saturated rings. The fourth-order valence-electron chi connectivity index (χ4n) is 4.13. The molecule has 0 bridgehead atoms. The summed E-state index contributed by atoms with van der Waals surface area (Å²) in [5, 5.41) is 11.7. The monoisotopic (exact) mass is 642 g/mol. The Morgan fingerprint density at radius 3 is 2.02 bits per heavy atom. The van der Waals surface area contributed by atoms with Crippen molar-refractivity contribution in [1.82, 2.24) is 21.3 Å². The molecule has 2 amide bonds. The molecule has 238 valence electrons. The van der Waals surface area contributed by atoms with Crippen LogP contribution in [0.3, 0.4) is 0 Å². The molecule has 0 aliphatic heterocycles. The number of hydrogen-bond acceptors (Lipinski definition) is 6. The first kappa shape index (κ1) is 34.7. The summed E-state index contributed by atoms with van der Waals surface area (Å²) in [7, 11) is 0. The first-order valence-corrected chi connectivity index (χ1v) is 14.5. The average molecular weight is 643 g/mol. The highest BCUT2D eigenvalue weighted by molar-refractivity contribution is 7.80. The third-order valence-electron chi connectivity index (χ3n) is 6.42. The minimum atomic E-state index is -5.35. The Kier molecular flexibility index (Phi) is 13.5. The van der Waals surface area contributed by atoms with Crippen LogP contribution in [0.1, 0.15) is 42.9 Å². The zero-order chi connectivity index (χ0) is 32.7. The summed E-state index contributed by atoms with van der Waals surface area (Å²) in [6.45, 7) is 0.704. The number of carbonyl (C=O) groups excluding carboxylic acids is 4. The van der Waals surface area contributed by atoms with Gasteiger partial charge in [-0.15, -0.1) is 0 Å². The maximum atomic E-state index is 12.6. The zero-order valence-corrected chi connectivity index (χ0v) is 25.0. The van der Waals surface area contributed by atoms with Crippen molar-refractivity contribution in [3.63, 3.8) is 0 Å². The van der Waals surface area contributed by atoms with Crippen molar-refractivity contribution < 1.29 is 37.1 Å². The maximum absolute atomic E-state index is 12.6. The summed E-state index contributed by atoms with van der Waals surface area (Å²) >= 11 is 5.24. The third kappa shape index (κ3) is 12.8. The van der Waals surface area contributed by atoms with Gasteiger partial charge in [0.25, 0.3) is 0 Å². The Morgan fingerprint density at radius 1 is 0.756 bits per heavy atom. The third-order valence-corrected chi connectivity index (χ3v) is 6.71. The van der Waals surface area contributed by atoms with Crippen molar-refractivity contribution in [2.24, 2.45) is 0 Å². The molecule has 9 nitrogen and oxygen atoms in total. The molecular weight excluding hydrogens is 609 g/mol. The molecule has 3 rings (SSSR count). The number of unbranched alkanes of at least 4 members (excludes halogenated alkanes) is 1.